The van der Waals surface area contributed by atoms with Crippen LogP contribution in [-0.4, -0.2) is 23.2 Å². The van der Waals surface area contributed by atoms with Gasteiger partial charge in [-0.15, -0.1) is 0 Å². The number of nitro groups is 1. The number of aromatic hydroxyl groups is 1. The first-order chi connectivity index (χ1) is 8.91. The second kappa shape index (κ2) is 6.65. The van der Waals surface area contributed by atoms with E-state index in [1.165, 1.54) is 18.2 Å². The van der Waals surface area contributed by atoms with E-state index in [0.29, 0.717) is 5.56 Å². The molecular weight excluding hydrogens is 273 g/mol. The predicted octanol–water partition coefficient (Wildman–Crippen LogP) is 3.07. The molecule has 0 aliphatic heterocycles. The summed E-state index contributed by atoms with van der Waals surface area (Å²) in [5.41, 5.74) is -0.0215. The average Bonchev–Trinajstić information content (AvgIpc) is 2.31. The molecule has 0 aliphatic rings. The van der Waals surface area contributed by atoms with Crippen molar-refractivity contribution < 1.29 is 23.6 Å². The first-order valence-corrected chi connectivity index (χ1v) is 7.49. The molecule has 0 aromatic heterocycles. The first kappa shape index (κ1) is 15.6. The van der Waals surface area contributed by atoms with Crippen LogP contribution in [0.2, 0.25) is 0 Å². The van der Waals surface area contributed by atoms with Crippen LogP contribution in [0.25, 0.3) is 0 Å². The minimum absolute atomic E-state index is 0.0736. The number of hydrogen-bond donors (Lipinski definition) is 1. The van der Waals surface area contributed by atoms with Crippen molar-refractivity contribution in [3.8, 4) is 5.75 Å². The van der Waals surface area contributed by atoms with Gasteiger partial charge < -0.3 is 14.2 Å². The van der Waals surface area contributed by atoms with Crippen molar-refractivity contribution in [2.45, 2.75) is 20.0 Å². The quantitative estimate of drug-likeness (QED) is 0.470. The molecule has 1 N–H and O–H groups in total. The van der Waals surface area contributed by atoms with Crippen LogP contribution in [0.3, 0.4) is 0 Å². The van der Waals surface area contributed by atoms with Gasteiger partial charge in [0.05, 0.1) is 24.3 Å². The molecule has 0 aliphatic carbocycles. The lowest BCUT2D eigenvalue weighted by atomic mass is 10.2. The van der Waals surface area contributed by atoms with E-state index < -0.39 is 24.0 Å². The zero-order chi connectivity index (χ0) is 14.5. The molecule has 0 amide bonds. The zero-order valence-corrected chi connectivity index (χ0v) is 11.6. The van der Waals surface area contributed by atoms with Gasteiger partial charge in [0.1, 0.15) is 0 Å². The number of rotatable bonds is 7. The predicted molar refractivity (Wildman–Crippen MR) is 69.3 cm³/mol. The zero-order valence-electron chi connectivity index (χ0n) is 10.7. The maximum absolute atomic E-state index is 12.3. The molecule has 106 valence electrons. The van der Waals surface area contributed by atoms with Crippen LogP contribution in [0, 0.1) is 10.1 Å². The lowest BCUT2D eigenvalue weighted by Crippen LogP contribution is -1.99. The van der Waals surface area contributed by atoms with Gasteiger partial charge in [0.15, 0.2) is 5.75 Å². The van der Waals surface area contributed by atoms with E-state index in [9.17, 15) is 19.8 Å². The Balaban J connectivity index is 3.00. The maximum Gasteiger partial charge on any atom is 0.335 e. The third-order valence-electron chi connectivity index (χ3n) is 2.26. The second-order valence-corrected chi connectivity index (χ2v) is 5.74. The fraction of sp³-hybridized carbons (Fsp3) is 0.455. The topological polar surface area (TPSA) is 98.9 Å². The number of nitrogens with zero attached hydrogens (tertiary/aromatic N) is 1. The highest BCUT2D eigenvalue weighted by molar-refractivity contribution is 7.53. The molecular formula is C11H16NO6P. The van der Waals surface area contributed by atoms with Gasteiger partial charge >= 0.3 is 13.3 Å². The van der Waals surface area contributed by atoms with E-state index in [0.717, 1.165) is 0 Å². The molecule has 0 spiro atoms. The van der Waals surface area contributed by atoms with Crippen molar-refractivity contribution in [2.75, 3.05) is 13.2 Å². The van der Waals surface area contributed by atoms with Crippen molar-refractivity contribution >= 4 is 13.3 Å². The van der Waals surface area contributed by atoms with E-state index in [2.05, 4.69) is 0 Å². The molecule has 0 radical (unpaired) electrons. The number of hydrogen-bond acceptors (Lipinski definition) is 6. The third kappa shape index (κ3) is 4.31. The van der Waals surface area contributed by atoms with Crippen molar-refractivity contribution in [2.24, 2.45) is 0 Å². The Morgan fingerprint density at radius 2 is 1.89 bits per heavy atom. The highest BCUT2D eigenvalue weighted by Gasteiger charge is 2.25. The lowest BCUT2D eigenvalue weighted by Gasteiger charge is -2.16. The molecule has 0 heterocycles. The Bertz CT molecular complexity index is 494. The summed E-state index contributed by atoms with van der Waals surface area (Å²) in [6.07, 6.45) is -0.0736. The van der Waals surface area contributed by atoms with E-state index in [-0.39, 0.29) is 19.4 Å². The highest BCUT2D eigenvalue weighted by atomic mass is 31.2. The van der Waals surface area contributed by atoms with E-state index in [4.69, 9.17) is 9.05 Å². The van der Waals surface area contributed by atoms with Crippen molar-refractivity contribution in [3.63, 3.8) is 0 Å². The fourth-order valence-corrected chi connectivity index (χ4v) is 3.25. The minimum atomic E-state index is -3.31. The number of phenols is 1. The van der Waals surface area contributed by atoms with Crippen LogP contribution >= 0.6 is 7.60 Å². The number of phenolic OH excluding ortho intramolecular Hbond substituents is 1. The molecule has 1 aromatic rings. The van der Waals surface area contributed by atoms with Crippen molar-refractivity contribution in [3.05, 3.63) is 33.9 Å². The molecule has 0 bridgehead atoms. The minimum Gasteiger partial charge on any atom is -0.502 e. The summed E-state index contributed by atoms with van der Waals surface area (Å²) >= 11 is 0. The largest absolute Gasteiger partial charge is 0.502 e. The SMILES string of the molecule is CCOP(=O)(Cc1ccc(O)c([N+](=O)[O-])c1)OCC. The summed E-state index contributed by atoms with van der Waals surface area (Å²) in [6.45, 7) is 3.81. The summed E-state index contributed by atoms with van der Waals surface area (Å²) in [5, 5.41) is 20.0. The van der Waals surface area contributed by atoms with Crippen molar-refractivity contribution in [1.29, 1.82) is 0 Å². The van der Waals surface area contributed by atoms with Crippen LogP contribution in [0.15, 0.2) is 18.2 Å². The Morgan fingerprint density at radius 3 is 2.37 bits per heavy atom. The van der Waals surface area contributed by atoms with E-state index in [1.54, 1.807) is 13.8 Å². The normalized spacial score (nSPS) is 11.5. The van der Waals surface area contributed by atoms with E-state index >= 15 is 0 Å². The molecule has 19 heavy (non-hydrogen) atoms. The molecule has 0 unspecified atom stereocenters. The summed E-state index contributed by atoms with van der Waals surface area (Å²) in [5.74, 6) is -0.434. The Labute approximate surface area is 110 Å². The van der Waals surface area contributed by atoms with Gasteiger partial charge in [0.25, 0.3) is 0 Å². The molecule has 8 heteroatoms. The molecule has 0 saturated heterocycles. The summed E-state index contributed by atoms with van der Waals surface area (Å²) in [6, 6.07) is 3.81. The van der Waals surface area contributed by atoms with Gasteiger partial charge in [-0.1, -0.05) is 6.07 Å². The standard InChI is InChI=1S/C11H16NO6P/c1-3-17-19(16,18-4-2)8-9-5-6-11(13)10(7-9)12(14)15/h5-7,13H,3-4,8H2,1-2H3. The van der Waals surface area contributed by atoms with Crippen LogP contribution in [0.1, 0.15) is 19.4 Å². The smallest absolute Gasteiger partial charge is 0.335 e. The fourth-order valence-electron chi connectivity index (χ4n) is 1.56. The second-order valence-electron chi connectivity index (χ2n) is 3.68. The average molecular weight is 289 g/mol. The molecule has 0 saturated carbocycles. The first-order valence-electron chi connectivity index (χ1n) is 5.76. The summed E-state index contributed by atoms with van der Waals surface area (Å²) in [4.78, 5) is 10.0. The maximum atomic E-state index is 12.3. The number of benzene rings is 1. The van der Waals surface area contributed by atoms with Crippen LogP contribution in [0.5, 0.6) is 5.75 Å². The molecule has 1 rings (SSSR count). The summed E-state index contributed by atoms with van der Waals surface area (Å²) < 4.78 is 22.5. The highest BCUT2D eigenvalue weighted by Crippen LogP contribution is 2.51. The van der Waals surface area contributed by atoms with Crippen LogP contribution in [-0.2, 0) is 19.8 Å². The van der Waals surface area contributed by atoms with Gasteiger partial charge in [-0.3, -0.25) is 14.7 Å². The Hall–Kier alpha value is -1.43. The monoisotopic (exact) mass is 289 g/mol. The molecule has 0 fully saturated rings. The van der Waals surface area contributed by atoms with Gasteiger partial charge in [0, 0.05) is 6.07 Å². The van der Waals surface area contributed by atoms with Gasteiger partial charge in [0.2, 0.25) is 0 Å². The Kier molecular flexibility index (Phi) is 5.47. The lowest BCUT2D eigenvalue weighted by molar-refractivity contribution is -0.385. The van der Waals surface area contributed by atoms with E-state index in [1.807, 2.05) is 0 Å². The van der Waals surface area contributed by atoms with Crippen molar-refractivity contribution in [1.82, 2.24) is 0 Å². The summed E-state index contributed by atoms with van der Waals surface area (Å²) in [7, 11) is -3.31. The van der Waals surface area contributed by atoms with Crippen LogP contribution < -0.4 is 0 Å². The van der Waals surface area contributed by atoms with Gasteiger partial charge in [-0.25, -0.2) is 0 Å². The van der Waals surface area contributed by atoms with Crippen LogP contribution in [0.4, 0.5) is 5.69 Å². The van der Waals surface area contributed by atoms with Gasteiger partial charge in [-0.2, -0.15) is 0 Å². The molecule has 0 atom stereocenters. The molecule has 7 nitrogen and oxygen atoms in total. The Morgan fingerprint density at radius 1 is 1.32 bits per heavy atom. The molecule has 1 aromatic carbocycles. The number of nitro benzene ring substituents is 1. The van der Waals surface area contributed by atoms with Gasteiger partial charge in [-0.05, 0) is 25.5 Å². The third-order valence-corrected chi connectivity index (χ3v) is 4.32.